The number of nitrogens with one attached hydrogen (secondary N) is 2. The van der Waals surface area contributed by atoms with Crippen LogP contribution in [0.4, 0.5) is 16.2 Å². The molecule has 7 heteroatoms. The van der Waals surface area contributed by atoms with Gasteiger partial charge in [-0.15, -0.1) is 0 Å². The number of primary amides is 1. The van der Waals surface area contributed by atoms with Crippen molar-refractivity contribution >= 4 is 29.1 Å². The van der Waals surface area contributed by atoms with E-state index in [0.29, 0.717) is 22.7 Å². The molecule has 0 spiro atoms. The summed E-state index contributed by atoms with van der Waals surface area (Å²) in [6.45, 7) is 1.50. The van der Waals surface area contributed by atoms with E-state index in [1.54, 1.807) is 60.7 Å². The van der Waals surface area contributed by atoms with Gasteiger partial charge in [-0.1, -0.05) is 24.3 Å². The monoisotopic (exact) mass is 363 g/mol. The Morgan fingerprint density at radius 1 is 0.815 bits per heavy atom. The van der Waals surface area contributed by atoms with Crippen molar-refractivity contribution in [1.29, 1.82) is 0 Å². The summed E-state index contributed by atoms with van der Waals surface area (Å²) in [7, 11) is 0. The van der Waals surface area contributed by atoms with Gasteiger partial charge in [-0.05, 0) is 43.3 Å². The van der Waals surface area contributed by atoms with E-state index in [-0.39, 0.29) is 11.5 Å². The standard InChI is InChI=1S/C20H17N3O4/c1-12(24)13-2-4-14(5-3-13)17-10-11-18(27-17)19(25)22-15-6-8-16(9-7-15)23-20(21)26/h2-11H,1H3,(H,22,25)(H3,21,23,26). The lowest BCUT2D eigenvalue weighted by Gasteiger charge is -2.05. The van der Waals surface area contributed by atoms with E-state index in [1.807, 2.05) is 0 Å². The Hall–Kier alpha value is -3.87. The maximum Gasteiger partial charge on any atom is 0.316 e. The fourth-order valence-electron chi connectivity index (χ4n) is 2.46. The molecule has 3 amide bonds. The Bertz CT molecular complexity index is 989. The minimum absolute atomic E-state index is 0.0156. The Labute approximate surface area is 155 Å². The van der Waals surface area contributed by atoms with Crippen LogP contribution in [0.15, 0.2) is 65.1 Å². The fraction of sp³-hybridized carbons (Fsp3) is 0.0500. The predicted molar refractivity (Wildman–Crippen MR) is 102 cm³/mol. The number of furan rings is 1. The van der Waals surface area contributed by atoms with E-state index in [0.717, 1.165) is 5.56 Å². The lowest BCUT2D eigenvalue weighted by molar-refractivity contribution is 0.0994. The van der Waals surface area contributed by atoms with Gasteiger partial charge in [0.2, 0.25) is 0 Å². The normalized spacial score (nSPS) is 10.3. The number of Topliss-reactive ketones (excluding diaryl/α,β-unsaturated/α-hetero) is 1. The second kappa shape index (κ2) is 7.57. The zero-order chi connectivity index (χ0) is 19.4. The van der Waals surface area contributed by atoms with E-state index >= 15 is 0 Å². The molecule has 2 aromatic carbocycles. The maximum atomic E-state index is 12.3. The highest BCUT2D eigenvalue weighted by Gasteiger charge is 2.13. The zero-order valence-corrected chi connectivity index (χ0v) is 14.5. The molecule has 0 atom stereocenters. The molecule has 4 N–H and O–H groups in total. The lowest BCUT2D eigenvalue weighted by atomic mass is 10.1. The van der Waals surface area contributed by atoms with Crippen molar-refractivity contribution in [2.24, 2.45) is 5.73 Å². The largest absolute Gasteiger partial charge is 0.451 e. The number of urea groups is 1. The Morgan fingerprint density at radius 2 is 1.41 bits per heavy atom. The van der Waals surface area contributed by atoms with Crippen LogP contribution in [0.1, 0.15) is 27.8 Å². The molecule has 27 heavy (non-hydrogen) atoms. The molecule has 7 nitrogen and oxygen atoms in total. The summed E-state index contributed by atoms with van der Waals surface area (Å²) >= 11 is 0. The highest BCUT2D eigenvalue weighted by molar-refractivity contribution is 6.02. The van der Waals surface area contributed by atoms with Gasteiger partial charge in [-0.25, -0.2) is 4.79 Å². The first-order chi connectivity index (χ1) is 12.9. The minimum atomic E-state index is -0.661. The van der Waals surface area contributed by atoms with E-state index in [1.165, 1.54) is 6.92 Å². The first-order valence-corrected chi connectivity index (χ1v) is 8.11. The van der Waals surface area contributed by atoms with Crippen LogP contribution in [0.2, 0.25) is 0 Å². The van der Waals surface area contributed by atoms with Gasteiger partial charge in [0.1, 0.15) is 5.76 Å². The number of carbonyl (C=O) groups excluding carboxylic acids is 3. The highest BCUT2D eigenvalue weighted by atomic mass is 16.3. The average Bonchev–Trinajstić information content (AvgIpc) is 3.13. The summed E-state index contributed by atoms with van der Waals surface area (Å²) in [4.78, 5) is 34.5. The third-order valence-electron chi connectivity index (χ3n) is 3.82. The Balaban J connectivity index is 1.69. The second-order valence-corrected chi connectivity index (χ2v) is 5.82. The van der Waals surface area contributed by atoms with Gasteiger partial charge in [0, 0.05) is 22.5 Å². The van der Waals surface area contributed by atoms with Crippen LogP contribution in [-0.2, 0) is 0 Å². The van der Waals surface area contributed by atoms with Crippen LogP contribution in [0.3, 0.4) is 0 Å². The number of ketones is 1. The molecule has 0 bridgehead atoms. The number of amides is 3. The fourth-order valence-corrected chi connectivity index (χ4v) is 2.46. The number of rotatable bonds is 5. The molecule has 1 aromatic heterocycles. The van der Waals surface area contributed by atoms with Gasteiger partial charge < -0.3 is 20.8 Å². The first-order valence-electron chi connectivity index (χ1n) is 8.11. The number of anilines is 2. The smallest absolute Gasteiger partial charge is 0.316 e. The molecule has 0 saturated carbocycles. The average molecular weight is 363 g/mol. The molecule has 0 aliphatic carbocycles. The van der Waals surface area contributed by atoms with E-state index in [2.05, 4.69) is 10.6 Å². The number of benzene rings is 2. The molecule has 3 rings (SSSR count). The topological polar surface area (TPSA) is 114 Å². The van der Waals surface area contributed by atoms with Crippen molar-refractivity contribution in [1.82, 2.24) is 0 Å². The van der Waals surface area contributed by atoms with Crippen LogP contribution in [0.5, 0.6) is 0 Å². The van der Waals surface area contributed by atoms with Crippen LogP contribution in [0.25, 0.3) is 11.3 Å². The van der Waals surface area contributed by atoms with Gasteiger partial charge in [-0.2, -0.15) is 0 Å². The van der Waals surface area contributed by atoms with E-state index in [4.69, 9.17) is 10.2 Å². The number of carbonyl (C=O) groups is 3. The zero-order valence-electron chi connectivity index (χ0n) is 14.5. The molecule has 136 valence electrons. The van der Waals surface area contributed by atoms with Crippen LogP contribution >= 0.6 is 0 Å². The third-order valence-corrected chi connectivity index (χ3v) is 3.82. The van der Waals surface area contributed by atoms with Gasteiger partial charge in [0.05, 0.1) is 0 Å². The Kier molecular flexibility index (Phi) is 5.03. The van der Waals surface area contributed by atoms with Crippen molar-refractivity contribution in [2.45, 2.75) is 6.92 Å². The molecule has 1 heterocycles. The molecule has 3 aromatic rings. The molecule has 0 radical (unpaired) electrons. The number of nitrogens with two attached hydrogens (primary N) is 1. The molecular formula is C20H17N3O4. The molecule has 0 unspecified atom stereocenters. The summed E-state index contributed by atoms with van der Waals surface area (Å²) in [5, 5.41) is 5.14. The van der Waals surface area contributed by atoms with Crippen molar-refractivity contribution in [2.75, 3.05) is 10.6 Å². The number of hydrogen-bond acceptors (Lipinski definition) is 4. The Morgan fingerprint density at radius 3 is 1.96 bits per heavy atom. The number of hydrogen-bond donors (Lipinski definition) is 3. The molecule has 0 aliphatic rings. The molecule has 0 fully saturated rings. The van der Waals surface area contributed by atoms with Gasteiger partial charge in [-0.3, -0.25) is 9.59 Å². The van der Waals surface area contributed by atoms with Crippen molar-refractivity contribution < 1.29 is 18.8 Å². The summed E-state index contributed by atoms with van der Waals surface area (Å²) in [5.41, 5.74) is 7.48. The van der Waals surface area contributed by atoms with Crippen molar-refractivity contribution in [3.05, 3.63) is 72.0 Å². The van der Waals surface area contributed by atoms with Crippen LogP contribution in [0, 0.1) is 0 Å². The van der Waals surface area contributed by atoms with Gasteiger partial charge in [0.15, 0.2) is 11.5 Å². The molecule has 0 saturated heterocycles. The van der Waals surface area contributed by atoms with Crippen molar-refractivity contribution in [3.63, 3.8) is 0 Å². The quantitative estimate of drug-likeness (QED) is 0.597. The highest BCUT2D eigenvalue weighted by Crippen LogP contribution is 2.23. The molecule has 0 aliphatic heterocycles. The van der Waals surface area contributed by atoms with E-state index < -0.39 is 11.9 Å². The first kappa shape index (κ1) is 17.9. The summed E-state index contributed by atoms with van der Waals surface area (Å²) in [6.07, 6.45) is 0. The predicted octanol–water partition coefficient (Wildman–Crippen LogP) is 3.89. The SMILES string of the molecule is CC(=O)c1ccc(-c2ccc(C(=O)Nc3ccc(NC(N)=O)cc3)o2)cc1. The summed E-state index contributed by atoms with van der Waals surface area (Å²) < 4.78 is 5.61. The lowest BCUT2D eigenvalue weighted by Crippen LogP contribution is -2.19. The summed E-state index contributed by atoms with van der Waals surface area (Å²) in [5.74, 6) is 0.256. The maximum absolute atomic E-state index is 12.3. The van der Waals surface area contributed by atoms with Gasteiger partial charge >= 0.3 is 6.03 Å². The second-order valence-electron chi connectivity index (χ2n) is 5.82. The van der Waals surface area contributed by atoms with Crippen LogP contribution in [-0.4, -0.2) is 17.7 Å². The minimum Gasteiger partial charge on any atom is -0.451 e. The van der Waals surface area contributed by atoms with Gasteiger partial charge in [0.25, 0.3) is 5.91 Å². The van der Waals surface area contributed by atoms with E-state index in [9.17, 15) is 14.4 Å². The third kappa shape index (κ3) is 4.40. The van der Waals surface area contributed by atoms with Crippen LogP contribution < -0.4 is 16.4 Å². The molecular weight excluding hydrogens is 346 g/mol. The summed E-state index contributed by atoms with van der Waals surface area (Å²) in [6, 6.07) is 16.1. The van der Waals surface area contributed by atoms with Crippen molar-refractivity contribution in [3.8, 4) is 11.3 Å².